The molecule has 0 radical (unpaired) electrons. The molecule has 0 fully saturated rings. The van der Waals surface area contributed by atoms with Crippen LogP contribution in [0.25, 0.3) is 0 Å². The van der Waals surface area contributed by atoms with E-state index in [4.69, 9.17) is 9.47 Å². The van der Waals surface area contributed by atoms with Crippen LogP contribution in [0.15, 0.2) is 71.6 Å². The van der Waals surface area contributed by atoms with Gasteiger partial charge in [0.25, 0.3) is 10.0 Å². The third-order valence-electron chi connectivity index (χ3n) is 6.69. The maximum atomic E-state index is 14.1. The number of methoxy groups -OCH3 is 2. The van der Waals surface area contributed by atoms with Crippen molar-refractivity contribution in [1.82, 2.24) is 10.2 Å². The van der Waals surface area contributed by atoms with E-state index < -0.39 is 28.5 Å². The van der Waals surface area contributed by atoms with Gasteiger partial charge in [0, 0.05) is 19.2 Å². The lowest BCUT2D eigenvalue weighted by molar-refractivity contribution is -0.139. The van der Waals surface area contributed by atoms with Gasteiger partial charge < -0.3 is 19.7 Å². The van der Waals surface area contributed by atoms with E-state index in [2.05, 4.69) is 5.32 Å². The number of hydrogen-bond acceptors (Lipinski definition) is 6. The normalized spacial score (nSPS) is 11.9. The summed E-state index contributed by atoms with van der Waals surface area (Å²) in [6, 6.07) is 17.9. The van der Waals surface area contributed by atoms with E-state index in [0.29, 0.717) is 12.3 Å². The van der Waals surface area contributed by atoms with Crippen molar-refractivity contribution in [3.05, 3.63) is 83.4 Å². The molecule has 0 heterocycles. The highest BCUT2D eigenvalue weighted by molar-refractivity contribution is 7.92. The average Bonchev–Trinajstić information content (AvgIpc) is 2.96. The lowest BCUT2D eigenvalue weighted by Crippen LogP contribution is -2.51. The quantitative estimate of drug-likeness (QED) is 0.320. The minimum absolute atomic E-state index is 0.0137. The summed E-state index contributed by atoms with van der Waals surface area (Å²) in [4.78, 5) is 28.5. The van der Waals surface area contributed by atoms with Gasteiger partial charge in [0.2, 0.25) is 11.8 Å². The molecular formula is C31H39N3O6S. The SMILES string of the molecule is CCCNC(=O)[C@H](C)N(Cc1cccc(C)c1)C(=O)CN(c1cc(OC)ccc1OC)S(=O)(=O)c1ccc(C)cc1. The standard InChI is InChI=1S/C31H39N3O6S/c1-7-17-32-31(36)24(4)33(20-25-10-8-9-23(3)18-25)30(35)21-34(28-19-26(39-5)13-16-29(28)40-6)41(37,38)27-14-11-22(2)12-15-27/h8-16,18-19,24H,7,17,20-21H2,1-6H3,(H,32,36)/t24-/m0/s1. The Balaban J connectivity index is 2.11. The molecule has 0 aliphatic rings. The molecule has 3 aromatic rings. The first-order valence-corrected chi connectivity index (χ1v) is 14.9. The smallest absolute Gasteiger partial charge is 0.264 e. The van der Waals surface area contributed by atoms with Crippen LogP contribution in [0.5, 0.6) is 11.5 Å². The Morgan fingerprint density at radius 2 is 1.63 bits per heavy atom. The molecular weight excluding hydrogens is 542 g/mol. The van der Waals surface area contributed by atoms with E-state index in [-0.39, 0.29) is 28.8 Å². The van der Waals surface area contributed by atoms with Crippen molar-refractivity contribution in [2.75, 3.05) is 31.6 Å². The Bertz CT molecular complexity index is 1460. The number of sulfonamides is 1. The van der Waals surface area contributed by atoms with Crippen molar-refractivity contribution < 1.29 is 27.5 Å². The van der Waals surface area contributed by atoms with Crippen molar-refractivity contribution >= 4 is 27.5 Å². The van der Waals surface area contributed by atoms with Crippen molar-refractivity contribution in [1.29, 1.82) is 0 Å². The zero-order chi connectivity index (χ0) is 30.2. The van der Waals surface area contributed by atoms with Gasteiger partial charge >= 0.3 is 0 Å². The molecule has 1 N–H and O–H groups in total. The fourth-order valence-electron chi connectivity index (χ4n) is 4.33. The number of rotatable bonds is 13. The van der Waals surface area contributed by atoms with Gasteiger partial charge in [0.15, 0.2) is 0 Å². The molecule has 0 unspecified atom stereocenters. The van der Waals surface area contributed by atoms with Gasteiger partial charge in [0.05, 0.1) is 24.8 Å². The second kappa shape index (κ2) is 14.0. The number of benzene rings is 3. The van der Waals surface area contributed by atoms with E-state index in [1.165, 1.54) is 37.3 Å². The lowest BCUT2D eigenvalue weighted by Gasteiger charge is -2.32. The van der Waals surface area contributed by atoms with Gasteiger partial charge in [0.1, 0.15) is 24.1 Å². The molecule has 0 spiro atoms. The van der Waals surface area contributed by atoms with Crippen LogP contribution in [0.3, 0.4) is 0 Å². The number of anilines is 1. The summed E-state index contributed by atoms with van der Waals surface area (Å²) in [6.45, 7) is 7.39. The van der Waals surface area contributed by atoms with E-state index in [0.717, 1.165) is 27.4 Å². The van der Waals surface area contributed by atoms with Gasteiger partial charge in [-0.2, -0.15) is 0 Å². The molecule has 2 amide bonds. The third-order valence-corrected chi connectivity index (χ3v) is 8.47. The molecule has 220 valence electrons. The topological polar surface area (TPSA) is 105 Å². The molecule has 0 saturated carbocycles. The summed E-state index contributed by atoms with van der Waals surface area (Å²) in [5, 5.41) is 2.84. The lowest BCUT2D eigenvalue weighted by atomic mass is 10.1. The highest BCUT2D eigenvalue weighted by Crippen LogP contribution is 2.36. The number of carbonyl (C=O) groups is 2. The predicted molar refractivity (Wildman–Crippen MR) is 160 cm³/mol. The molecule has 1 atom stereocenters. The number of carbonyl (C=O) groups excluding carboxylic acids is 2. The van der Waals surface area contributed by atoms with E-state index in [9.17, 15) is 18.0 Å². The van der Waals surface area contributed by atoms with Crippen LogP contribution >= 0.6 is 0 Å². The molecule has 9 nitrogen and oxygen atoms in total. The maximum Gasteiger partial charge on any atom is 0.264 e. The van der Waals surface area contributed by atoms with Crippen LogP contribution in [0.2, 0.25) is 0 Å². The van der Waals surface area contributed by atoms with E-state index >= 15 is 0 Å². The molecule has 3 aromatic carbocycles. The minimum atomic E-state index is -4.25. The zero-order valence-corrected chi connectivity index (χ0v) is 25.3. The maximum absolute atomic E-state index is 14.1. The number of ether oxygens (including phenoxy) is 2. The zero-order valence-electron chi connectivity index (χ0n) is 24.5. The summed E-state index contributed by atoms with van der Waals surface area (Å²) in [5.74, 6) is -0.236. The van der Waals surface area contributed by atoms with E-state index in [1.54, 1.807) is 31.2 Å². The first-order valence-electron chi connectivity index (χ1n) is 13.5. The second-order valence-electron chi connectivity index (χ2n) is 9.84. The first kappa shape index (κ1) is 31.5. The highest BCUT2D eigenvalue weighted by atomic mass is 32.2. The van der Waals surface area contributed by atoms with Crippen LogP contribution in [-0.4, -0.2) is 58.5 Å². The molecule has 0 aromatic heterocycles. The van der Waals surface area contributed by atoms with Crippen molar-refractivity contribution in [3.63, 3.8) is 0 Å². The monoisotopic (exact) mass is 581 g/mol. The second-order valence-corrected chi connectivity index (χ2v) is 11.7. The van der Waals surface area contributed by atoms with Gasteiger partial charge in [-0.05, 0) is 57.0 Å². The molecule has 0 aliphatic carbocycles. The predicted octanol–water partition coefficient (Wildman–Crippen LogP) is 4.46. The molecule has 3 rings (SSSR count). The fourth-order valence-corrected chi connectivity index (χ4v) is 5.74. The van der Waals surface area contributed by atoms with Crippen molar-refractivity contribution in [3.8, 4) is 11.5 Å². The number of nitrogens with one attached hydrogen (secondary N) is 1. The Hall–Kier alpha value is -4.05. The Morgan fingerprint density at radius 3 is 2.24 bits per heavy atom. The minimum Gasteiger partial charge on any atom is -0.497 e. The Labute approximate surface area is 243 Å². The number of aryl methyl sites for hydroxylation is 2. The summed E-state index contributed by atoms with van der Waals surface area (Å²) in [7, 11) is -1.35. The summed E-state index contributed by atoms with van der Waals surface area (Å²) in [6.07, 6.45) is 0.739. The highest BCUT2D eigenvalue weighted by Gasteiger charge is 2.34. The summed E-state index contributed by atoms with van der Waals surface area (Å²) >= 11 is 0. The fraction of sp³-hybridized carbons (Fsp3) is 0.355. The van der Waals surface area contributed by atoms with Gasteiger partial charge in [-0.1, -0.05) is 54.4 Å². The van der Waals surface area contributed by atoms with E-state index in [1.807, 2.05) is 45.0 Å². The first-order chi connectivity index (χ1) is 19.5. The number of hydrogen-bond donors (Lipinski definition) is 1. The van der Waals surface area contributed by atoms with Gasteiger partial charge in [-0.25, -0.2) is 8.42 Å². The van der Waals surface area contributed by atoms with Crippen molar-refractivity contribution in [2.24, 2.45) is 0 Å². The van der Waals surface area contributed by atoms with Gasteiger partial charge in [-0.15, -0.1) is 0 Å². The summed E-state index contributed by atoms with van der Waals surface area (Å²) in [5.41, 5.74) is 2.85. The van der Waals surface area contributed by atoms with Gasteiger partial charge in [-0.3, -0.25) is 13.9 Å². The Morgan fingerprint density at radius 1 is 0.927 bits per heavy atom. The number of nitrogens with zero attached hydrogens (tertiary/aromatic N) is 2. The number of amides is 2. The van der Waals surface area contributed by atoms with Crippen LogP contribution in [-0.2, 0) is 26.2 Å². The van der Waals surface area contributed by atoms with Crippen LogP contribution in [0, 0.1) is 13.8 Å². The largest absolute Gasteiger partial charge is 0.497 e. The third kappa shape index (κ3) is 7.79. The molecule has 0 saturated heterocycles. The molecule has 41 heavy (non-hydrogen) atoms. The Kier molecular flexibility index (Phi) is 10.8. The van der Waals surface area contributed by atoms with Crippen LogP contribution in [0.4, 0.5) is 5.69 Å². The summed E-state index contributed by atoms with van der Waals surface area (Å²) < 4.78 is 40.1. The van der Waals surface area contributed by atoms with Crippen molar-refractivity contribution in [2.45, 2.75) is 51.6 Å². The molecule has 0 aliphatic heterocycles. The van der Waals surface area contributed by atoms with Crippen LogP contribution < -0.4 is 19.1 Å². The average molecular weight is 582 g/mol. The van der Waals surface area contributed by atoms with Crippen LogP contribution in [0.1, 0.15) is 37.0 Å². The molecule has 0 bridgehead atoms. The molecule has 10 heteroatoms.